The molecule has 1 aliphatic rings. The van der Waals surface area contributed by atoms with E-state index in [0.717, 1.165) is 35.4 Å². The van der Waals surface area contributed by atoms with E-state index in [1.165, 1.54) is 31.2 Å². The van der Waals surface area contributed by atoms with Crippen molar-refractivity contribution < 1.29 is 4.79 Å². The zero-order valence-electron chi connectivity index (χ0n) is 15.9. The lowest BCUT2D eigenvalue weighted by molar-refractivity contribution is -0.117. The van der Waals surface area contributed by atoms with Crippen LogP contribution >= 0.6 is 0 Å². The molecule has 0 saturated heterocycles. The van der Waals surface area contributed by atoms with Crippen molar-refractivity contribution in [3.63, 3.8) is 0 Å². The summed E-state index contributed by atoms with van der Waals surface area (Å²) in [5.41, 5.74) is 4.22. The number of imidazole rings is 1. The maximum atomic E-state index is 12.3. The van der Waals surface area contributed by atoms with Gasteiger partial charge < -0.3 is 9.88 Å². The SMILES string of the molecule is Cn1c(CCc2ccccc2)nc2cc(NC(=O)CC3CCCC3)ccc21. The average Bonchev–Trinajstić information content (AvgIpc) is 3.29. The highest BCUT2D eigenvalue weighted by Gasteiger charge is 2.18. The first-order valence-corrected chi connectivity index (χ1v) is 9.98. The van der Waals surface area contributed by atoms with Crippen LogP contribution in [0.5, 0.6) is 0 Å². The van der Waals surface area contributed by atoms with Crippen LogP contribution in [0.4, 0.5) is 5.69 Å². The molecule has 1 N–H and O–H groups in total. The minimum Gasteiger partial charge on any atom is -0.331 e. The number of aromatic nitrogens is 2. The van der Waals surface area contributed by atoms with Gasteiger partial charge in [-0.05, 0) is 48.9 Å². The van der Waals surface area contributed by atoms with E-state index in [1.807, 2.05) is 18.2 Å². The van der Waals surface area contributed by atoms with Crippen molar-refractivity contribution in [2.45, 2.75) is 44.9 Å². The molecule has 1 aliphatic carbocycles. The van der Waals surface area contributed by atoms with Crippen molar-refractivity contribution in [2.24, 2.45) is 13.0 Å². The first-order chi connectivity index (χ1) is 13.2. The number of anilines is 1. The quantitative estimate of drug-likeness (QED) is 0.680. The molecule has 140 valence electrons. The smallest absolute Gasteiger partial charge is 0.224 e. The second-order valence-corrected chi connectivity index (χ2v) is 7.68. The van der Waals surface area contributed by atoms with Gasteiger partial charge in [-0.2, -0.15) is 0 Å². The highest BCUT2D eigenvalue weighted by atomic mass is 16.1. The summed E-state index contributed by atoms with van der Waals surface area (Å²) in [6.07, 6.45) is 7.44. The third kappa shape index (κ3) is 4.21. The Kier molecular flexibility index (Phi) is 5.23. The molecule has 27 heavy (non-hydrogen) atoms. The minimum atomic E-state index is 0.126. The molecule has 0 aliphatic heterocycles. The number of nitrogens with one attached hydrogen (secondary N) is 1. The number of carbonyl (C=O) groups excluding carboxylic acids is 1. The monoisotopic (exact) mass is 361 g/mol. The van der Waals surface area contributed by atoms with Crippen molar-refractivity contribution in [1.29, 1.82) is 0 Å². The number of benzene rings is 2. The van der Waals surface area contributed by atoms with Crippen LogP contribution in [0.1, 0.15) is 43.5 Å². The Morgan fingerprint density at radius 2 is 1.89 bits per heavy atom. The van der Waals surface area contributed by atoms with Gasteiger partial charge in [0.05, 0.1) is 11.0 Å². The summed E-state index contributed by atoms with van der Waals surface area (Å²) in [7, 11) is 2.06. The molecular weight excluding hydrogens is 334 g/mol. The summed E-state index contributed by atoms with van der Waals surface area (Å²) in [4.78, 5) is 17.1. The summed E-state index contributed by atoms with van der Waals surface area (Å²) in [6, 6.07) is 16.5. The molecule has 2 aromatic carbocycles. The summed E-state index contributed by atoms with van der Waals surface area (Å²) in [6.45, 7) is 0. The molecule has 1 aromatic heterocycles. The summed E-state index contributed by atoms with van der Waals surface area (Å²) < 4.78 is 2.16. The molecule has 0 atom stereocenters. The maximum Gasteiger partial charge on any atom is 0.224 e. The lowest BCUT2D eigenvalue weighted by Crippen LogP contribution is -2.15. The van der Waals surface area contributed by atoms with Gasteiger partial charge in [-0.15, -0.1) is 0 Å². The maximum absolute atomic E-state index is 12.3. The Bertz CT molecular complexity index is 923. The third-order valence-electron chi connectivity index (χ3n) is 5.69. The molecule has 0 spiro atoms. The van der Waals surface area contributed by atoms with Gasteiger partial charge in [-0.3, -0.25) is 4.79 Å². The number of hydrogen-bond acceptors (Lipinski definition) is 2. The number of amides is 1. The van der Waals surface area contributed by atoms with E-state index in [4.69, 9.17) is 4.98 Å². The van der Waals surface area contributed by atoms with Crippen molar-refractivity contribution in [2.75, 3.05) is 5.32 Å². The van der Waals surface area contributed by atoms with E-state index < -0.39 is 0 Å². The van der Waals surface area contributed by atoms with Crippen LogP contribution in [0.2, 0.25) is 0 Å². The molecule has 1 amide bonds. The fourth-order valence-electron chi connectivity index (χ4n) is 4.14. The van der Waals surface area contributed by atoms with Gasteiger partial charge in [0.1, 0.15) is 5.82 Å². The van der Waals surface area contributed by atoms with Gasteiger partial charge in [0, 0.05) is 25.6 Å². The Morgan fingerprint density at radius 3 is 2.67 bits per heavy atom. The summed E-state index contributed by atoms with van der Waals surface area (Å²) in [5, 5.41) is 3.06. The third-order valence-corrected chi connectivity index (χ3v) is 5.69. The van der Waals surface area contributed by atoms with Crippen molar-refractivity contribution in [3.8, 4) is 0 Å². The predicted octanol–water partition coefficient (Wildman–Crippen LogP) is 4.88. The molecule has 1 fully saturated rings. The minimum absolute atomic E-state index is 0.126. The summed E-state index contributed by atoms with van der Waals surface area (Å²) >= 11 is 0. The van der Waals surface area contributed by atoms with Crippen LogP contribution in [-0.4, -0.2) is 15.5 Å². The van der Waals surface area contributed by atoms with Crippen molar-refractivity contribution in [1.82, 2.24) is 9.55 Å². The van der Waals surface area contributed by atoms with Crippen LogP contribution < -0.4 is 5.32 Å². The van der Waals surface area contributed by atoms with Crippen LogP contribution in [0, 0.1) is 5.92 Å². The molecule has 0 unspecified atom stereocenters. The average molecular weight is 361 g/mol. The highest BCUT2D eigenvalue weighted by molar-refractivity contribution is 5.93. The van der Waals surface area contributed by atoms with Crippen LogP contribution in [0.25, 0.3) is 11.0 Å². The van der Waals surface area contributed by atoms with E-state index in [9.17, 15) is 4.79 Å². The Morgan fingerprint density at radius 1 is 1.11 bits per heavy atom. The van der Waals surface area contributed by atoms with Gasteiger partial charge in [0.15, 0.2) is 0 Å². The molecule has 1 saturated carbocycles. The topological polar surface area (TPSA) is 46.9 Å². The standard InChI is InChI=1S/C23H27N3O/c1-26-21-13-12-19(24-23(27)15-18-9-5-6-10-18)16-20(21)25-22(26)14-11-17-7-3-2-4-8-17/h2-4,7-8,12-13,16,18H,5-6,9-11,14-15H2,1H3,(H,24,27). The first kappa shape index (κ1) is 17.8. The first-order valence-electron chi connectivity index (χ1n) is 9.98. The molecule has 4 nitrogen and oxygen atoms in total. The fraction of sp³-hybridized carbons (Fsp3) is 0.391. The molecule has 3 aromatic rings. The molecular formula is C23H27N3O. The normalized spacial score (nSPS) is 14.7. The van der Waals surface area contributed by atoms with Gasteiger partial charge in [0.25, 0.3) is 0 Å². The van der Waals surface area contributed by atoms with E-state index in [-0.39, 0.29) is 5.91 Å². The van der Waals surface area contributed by atoms with Crippen LogP contribution in [0.3, 0.4) is 0 Å². The molecule has 4 rings (SSSR count). The second-order valence-electron chi connectivity index (χ2n) is 7.68. The Labute approximate surface area is 160 Å². The van der Waals surface area contributed by atoms with Gasteiger partial charge in [0.2, 0.25) is 5.91 Å². The zero-order valence-corrected chi connectivity index (χ0v) is 15.9. The number of carbonyl (C=O) groups is 1. The van der Waals surface area contributed by atoms with Gasteiger partial charge in [-0.1, -0.05) is 43.2 Å². The molecule has 1 heterocycles. The van der Waals surface area contributed by atoms with Crippen molar-refractivity contribution >= 4 is 22.6 Å². The number of aryl methyl sites for hydroxylation is 3. The number of rotatable bonds is 6. The molecule has 4 heteroatoms. The van der Waals surface area contributed by atoms with E-state index in [0.29, 0.717) is 12.3 Å². The van der Waals surface area contributed by atoms with Crippen LogP contribution in [0.15, 0.2) is 48.5 Å². The van der Waals surface area contributed by atoms with Crippen LogP contribution in [-0.2, 0) is 24.7 Å². The Balaban J connectivity index is 1.44. The van der Waals surface area contributed by atoms with Gasteiger partial charge in [-0.25, -0.2) is 4.98 Å². The fourth-order valence-corrected chi connectivity index (χ4v) is 4.14. The van der Waals surface area contributed by atoms with E-state index in [1.54, 1.807) is 0 Å². The number of fused-ring (bicyclic) bond motifs is 1. The largest absolute Gasteiger partial charge is 0.331 e. The van der Waals surface area contributed by atoms with Crippen molar-refractivity contribution in [3.05, 3.63) is 59.9 Å². The Hall–Kier alpha value is -2.62. The summed E-state index contributed by atoms with van der Waals surface area (Å²) in [5.74, 6) is 1.76. The molecule has 0 bridgehead atoms. The van der Waals surface area contributed by atoms with E-state index >= 15 is 0 Å². The zero-order chi connectivity index (χ0) is 18.6. The predicted molar refractivity (Wildman–Crippen MR) is 110 cm³/mol. The number of hydrogen-bond donors (Lipinski definition) is 1. The van der Waals surface area contributed by atoms with Gasteiger partial charge >= 0.3 is 0 Å². The van der Waals surface area contributed by atoms with E-state index in [2.05, 4.69) is 47.3 Å². The molecule has 0 radical (unpaired) electrons. The lowest BCUT2D eigenvalue weighted by atomic mass is 10.0. The highest BCUT2D eigenvalue weighted by Crippen LogP contribution is 2.28. The lowest BCUT2D eigenvalue weighted by Gasteiger charge is -2.09. The second kappa shape index (κ2) is 7.95. The number of nitrogens with zero attached hydrogens (tertiary/aromatic N) is 2.